The number of nitrogens with zero attached hydrogens (tertiary/aromatic N) is 2. The number of anilines is 1. The lowest BCUT2D eigenvalue weighted by molar-refractivity contribution is -0.122. The molecular weight excluding hydrogens is 342 g/mol. The van der Waals surface area contributed by atoms with Crippen LogP contribution in [0.4, 0.5) is 10.5 Å². The minimum Gasteiger partial charge on any atom is -0.351 e. The summed E-state index contributed by atoms with van der Waals surface area (Å²) in [5.74, 6) is -1.27. The summed E-state index contributed by atoms with van der Waals surface area (Å²) >= 11 is 0. The van der Waals surface area contributed by atoms with Gasteiger partial charge in [-0.3, -0.25) is 14.9 Å². The van der Waals surface area contributed by atoms with Crippen LogP contribution in [0.15, 0.2) is 48.3 Å². The number of aryl methyl sites for hydroxylation is 1. The summed E-state index contributed by atoms with van der Waals surface area (Å²) in [6, 6.07) is 8.71. The number of nitrogens with one attached hydrogen (secondary N) is 1. The van der Waals surface area contributed by atoms with Gasteiger partial charge in [0, 0.05) is 18.4 Å². The Morgan fingerprint density at radius 1 is 1.11 bits per heavy atom. The van der Waals surface area contributed by atoms with Crippen molar-refractivity contribution in [3.05, 3.63) is 59.4 Å². The predicted octanol–water partition coefficient (Wildman–Crippen LogP) is 3.58. The zero-order valence-electron chi connectivity index (χ0n) is 15.1. The Balaban J connectivity index is 1.65. The van der Waals surface area contributed by atoms with Crippen molar-refractivity contribution in [2.45, 2.75) is 38.6 Å². The van der Waals surface area contributed by atoms with E-state index in [0.717, 1.165) is 28.9 Å². The highest BCUT2D eigenvalue weighted by atomic mass is 16.2. The number of amides is 4. The number of aromatic nitrogens is 1. The molecule has 0 unspecified atom stereocenters. The van der Waals surface area contributed by atoms with E-state index in [0.29, 0.717) is 11.7 Å². The Hall–Kier alpha value is -3.15. The molecule has 1 saturated carbocycles. The molecule has 4 amide bonds. The molecule has 1 saturated heterocycles. The van der Waals surface area contributed by atoms with Gasteiger partial charge in [0.1, 0.15) is 5.57 Å². The maximum Gasteiger partial charge on any atom is 0.335 e. The molecule has 1 aliphatic heterocycles. The predicted molar refractivity (Wildman–Crippen MR) is 102 cm³/mol. The smallest absolute Gasteiger partial charge is 0.335 e. The summed E-state index contributed by atoms with van der Waals surface area (Å²) in [5.41, 5.74) is 2.10. The normalized spacial score (nSPS) is 19.8. The van der Waals surface area contributed by atoms with Crippen molar-refractivity contribution in [2.75, 3.05) is 4.90 Å². The average Bonchev–Trinajstić information content (AvgIpc) is 3.30. The van der Waals surface area contributed by atoms with Crippen LogP contribution in [0, 0.1) is 6.92 Å². The molecule has 1 N–H and O–H groups in total. The number of carbonyl (C=O) groups is 3. The third kappa shape index (κ3) is 3.30. The van der Waals surface area contributed by atoms with Crippen molar-refractivity contribution >= 4 is 29.6 Å². The molecule has 138 valence electrons. The van der Waals surface area contributed by atoms with Gasteiger partial charge in [-0.15, -0.1) is 0 Å². The SMILES string of the molecule is Cc1cccc(N2C(=O)NC(=O)/C(=C/c3ccn(C4CCCC4)c3)C2=O)c1. The maximum absolute atomic E-state index is 12.9. The van der Waals surface area contributed by atoms with Crippen LogP contribution in [-0.2, 0) is 9.59 Å². The van der Waals surface area contributed by atoms with Crippen molar-refractivity contribution in [3.63, 3.8) is 0 Å². The summed E-state index contributed by atoms with van der Waals surface area (Å²) in [7, 11) is 0. The van der Waals surface area contributed by atoms with Gasteiger partial charge in [-0.25, -0.2) is 9.69 Å². The Labute approximate surface area is 157 Å². The van der Waals surface area contributed by atoms with Crippen LogP contribution in [0.25, 0.3) is 6.08 Å². The number of hydrogen-bond donors (Lipinski definition) is 1. The van der Waals surface area contributed by atoms with Crippen molar-refractivity contribution in [1.82, 2.24) is 9.88 Å². The van der Waals surface area contributed by atoms with Crippen LogP contribution < -0.4 is 10.2 Å². The minimum absolute atomic E-state index is 0.0414. The zero-order chi connectivity index (χ0) is 19.0. The van der Waals surface area contributed by atoms with E-state index < -0.39 is 17.8 Å². The Morgan fingerprint density at radius 2 is 1.89 bits per heavy atom. The van der Waals surface area contributed by atoms with E-state index in [1.807, 2.05) is 31.5 Å². The first-order valence-corrected chi connectivity index (χ1v) is 9.18. The Kier molecular flexibility index (Phi) is 4.39. The second-order valence-corrected chi connectivity index (χ2v) is 7.13. The molecule has 1 aliphatic carbocycles. The first-order valence-electron chi connectivity index (χ1n) is 9.18. The topological polar surface area (TPSA) is 71.4 Å². The lowest BCUT2D eigenvalue weighted by Gasteiger charge is -2.26. The van der Waals surface area contributed by atoms with E-state index in [1.165, 1.54) is 12.8 Å². The molecule has 0 atom stereocenters. The van der Waals surface area contributed by atoms with Crippen molar-refractivity contribution < 1.29 is 14.4 Å². The van der Waals surface area contributed by atoms with E-state index in [4.69, 9.17) is 0 Å². The second-order valence-electron chi connectivity index (χ2n) is 7.13. The van der Waals surface area contributed by atoms with Crippen LogP contribution >= 0.6 is 0 Å². The second kappa shape index (κ2) is 6.87. The molecule has 27 heavy (non-hydrogen) atoms. The Bertz CT molecular complexity index is 951. The summed E-state index contributed by atoms with van der Waals surface area (Å²) < 4.78 is 2.15. The molecule has 6 heteroatoms. The Morgan fingerprint density at radius 3 is 2.63 bits per heavy atom. The number of benzene rings is 1. The highest BCUT2D eigenvalue weighted by molar-refractivity contribution is 6.39. The minimum atomic E-state index is -0.726. The lowest BCUT2D eigenvalue weighted by atomic mass is 10.1. The molecule has 2 heterocycles. The molecule has 0 bridgehead atoms. The molecule has 2 aromatic rings. The zero-order valence-corrected chi connectivity index (χ0v) is 15.1. The van der Waals surface area contributed by atoms with Crippen LogP contribution in [0.2, 0.25) is 0 Å². The molecule has 2 fully saturated rings. The highest BCUT2D eigenvalue weighted by Crippen LogP contribution is 2.30. The van der Waals surface area contributed by atoms with E-state index in [1.54, 1.807) is 24.3 Å². The van der Waals surface area contributed by atoms with Gasteiger partial charge in [-0.1, -0.05) is 25.0 Å². The summed E-state index contributed by atoms with van der Waals surface area (Å²) in [6.07, 6.45) is 10.3. The van der Waals surface area contributed by atoms with E-state index in [-0.39, 0.29) is 5.57 Å². The molecule has 6 nitrogen and oxygen atoms in total. The van der Waals surface area contributed by atoms with E-state index in [9.17, 15) is 14.4 Å². The number of rotatable bonds is 3. The van der Waals surface area contributed by atoms with Crippen molar-refractivity contribution in [3.8, 4) is 0 Å². The number of imide groups is 2. The highest BCUT2D eigenvalue weighted by Gasteiger charge is 2.36. The molecule has 1 aromatic carbocycles. The van der Waals surface area contributed by atoms with Gasteiger partial charge in [0.15, 0.2) is 0 Å². The summed E-state index contributed by atoms with van der Waals surface area (Å²) in [4.78, 5) is 38.4. The fourth-order valence-corrected chi connectivity index (χ4v) is 3.77. The third-order valence-corrected chi connectivity index (χ3v) is 5.16. The molecule has 2 aliphatic rings. The maximum atomic E-state index is 12.9. The van der Waals surface area contributed by atoms with E-state index >= 15 is 0 Å². The fraction of sp³-hybridized carbons (Fsp3) is 0.286. The van der Waals surface area contributed by atoms with Gasteiger partial charge in [0.05, 0.1) is 5.69 Å². The van der Waals surface area contributed by atoms with Gasteiger partial charge in [0.2, 0.25) is 0 Å². The average molecular weight is 363 g/mol. The molecular formula is C21H21N3O3. The standard InChI is InChI=1S/C21H21N3O3/c1-14-5-4-8-17(11-14)24-20(26)18(19(25)22-21(24)27)12-15-9-10-23(13-15)16-6-2-3-7-16/h4-5,8-13,16H,2-3,6-7H2,1H3,(H,22,25,27)/b18-12-. The summed E-state index contributed by atoms with van der Waals surface area (Å²) in [6.45, 7) is 1.88. The molecule has 0 spiro atoms. The summed E-state index contributed by atoms with van der Waals surface area (Å²) in [5, 5.41) is 2.26. The van der Waals surface area contributed by atoms with Crippen LogP contribution in [0.1, 0.15) is 42.9 Å². The van der Waals surface area contributed by atoms with Crippen LogP contribution in [0.3, 0.4) is 0 Å². The molecule has 1 aromatic heterocycles. The van der Waals surface area contributed by atoms with Crippen molar-refractivity contribution in [2.24, 2.45) is 0 Å². The van der Waals surface area contributed by atoms with Gasteiger partial charge in [-0.05, 0) is 55.2 Å². The fourth-order valence-electron chi connectivity index (χ4n) is 3.77. The van der Waals surface area contributed by atoms with Gasteiger partial charge >= 0.3 is 6.03 Å². The quantitative estimate of drug-likeness (QED) is 0.669. The molecule has 4 rings (SSSR count). The number of barbiturate groups is 1. The van der Waals surface area contributed by atoms with Crippen LogP contribution in [-0.4, -0.2) is 22.4 Å². The van der Waals surface area contributed by atoms with Crippen LogP contribution in [0.5, 0.6) is 0 Å². The van der Waals surface area contributed by atoms with Gasteiger partial charge in [-0.2, -0.15) is 0 Å². The molecule has 0 radical (unpaired) electrons. The lowest BCUT2D eigenvalue weighted by Crippen LogP contribution is -2.54. The van der Waals surface area contributed by atoms with Gasteiger partial charge < -0.3 is 4.57 Å². The number of carbonyl (C=O) groups excluding carboxylic acids is 3. The third-order valence-electron chi connectivity index (χ3n) is 5.16. The number of hydrogen-bond acceptors (Lipinski definition) is 3. The first kappa shape index (κ1) is 17.3. The van der Waals surface area contributed by atoms with Gasteiger partial charge in [0.25, 0.3) is 11.8 Å². The largest absolute Gasteiger partial charge is 0.351 e. The first-order chi connectivity index (χ1) is 13.0. The van der Waals surface area contributed by atoms with E-state index in [2.05, 4.69) is 9.88 Å². The monoisotopic (exact) mass is 363 g/mol. The number of urea groups is 1. The van der Waals surface area contributed by atoms with Crippen molar-refractivity contribution in [1.29, 1.82) is 0 Å².